The minimum Gasteiger partial charge on any atom is -0.347 e. The van der Waals surface area contributed by atoms with Gasteiger partial charge in [0.05, 0.1) is 18.9 Å². The molecule has 7 heteroatoms. The first-order valence-electron chi connectivity index (χ1n) is 8.90. The molecule has 1 N–H and O–H groups in total. The normalized spacial score (nSPS) is 25.2. The van der Waals surface area contributed by atoms with Crippen LogP contribution in [-0.4, -0.2) is 71.0 Å². The van der Waals surface area contributed by atoms with Crippen LogP contribution in [0.4, 0.5) is 0 Å². The van der Waals surface area contributed by atoms with Gasteiger partial charge < -0.3 is 19.7 Å². The van der Waals surface area contributed by atoms with Crippen LogP contribution in [0.2, 0.25) is 0 Å². The second-order valence-electron chi connectivity index (χ2n) is 6.78. The van der Waals surface area contributed by atoms with Crippen LogP contribution in [0, 0.1) is 5.92 Å². The van der Waals surface area contributed by atoms with Crippen molar-refractivity contribution in [3.63, 3.8) is 0 Å². The molecule has 0 spiro atoms. The maximum absolute atomic E-state index is 12.2. The fourth-order valence-electron chi connectivity index (χ4n) is 3.66. The van der Waals surface area contributed by atoms with E-state index in [2.05, 4.69) is 31.7 Å². The van der Waals surface area contributed by atoms with Gasteiger partial charge in [-0.05, 0) is 25.2 Å². The molecule has 3 heterocycles. The molecule has 0 bridgehead atoms. The number of carbonyl (C=O) groups is 1. The second kappa shape index (κ2) is 7.68. The summed E-state index contributed by atoms with van der Waals surface area (Å²) in [6.07, 6.45) is 9.08. The summed E-state index contributed by atoms with van der Waals surface area (Å²) in [6.45, 7) is 6.24. The number of imidazole rings is 1. The van der Waals surface area contributed by atoms with Crippen molar-refractivity contribution in [3.05, 3.63) is 18.7 Å². The number of aromatic nitrogens is 2. The van der Waals surface area contributed by atoms with Gasteiger partial charge in [-0.15, -0.1) is 0 Å². The van der Waals surface area contributed by atoms with E-state index in [1.54, 1.807) is 7.05 Å². The van der Waals surface area contributed by atoms with Gasteiger partial charge >= 0.3 is 0 Å². The average molecular weight is 332 g/mol. The molecule has 24 heavy (non-hydrogen) atoms. The quantitative estimate of drug-likeness (QED) is 0.661. The first-order chi connectivity index (χ1) is 11.7. The number of rotatable bonds is 3. The molecule has 1 aromatic heterocycles. The molecule has 2 atom stereocenters. The SMILES string of the molecule is CN=C(NCC(=O)N1CCCC1)N1CCC(C)C(n2ccnc2)C1. The minimum absolute atomic E-state index is 0.171. The third kappa shape index (κ3) is 3.71. The highest BCUT2D eigenvalue weighted by molar-refractivity contribution is 5.86. The van der Waals surface area contributed by atoms with Crippen molar-refractivity contribution in [3.8, 4) is 0 Å². The molecule has 2 aliphatic heterocycles. The van der Waals surface area contributed by atoms with Crippen LogP contribution in [0.15, 0.2) is 23.7 Å². The fraction of sp³-hybridized carbons (Fsp3) is 0.706. The molecule has 1 aromatic rings. The van der Waals surface area contributed by atoms with E-state index < -0.39 is 0 Å². The summed E-state index contributed by atoms with van der Waals surface area (Å²) in [5.74, 6) is 1.59. The first kappa shape index (κ1) is 16.8. The smallest absolute Gasteiger partial charge is 0.241 e. The van der Waals surface area contributed by atoms with Crippen LogP contribution in [0.25, 0.3) is 0 Å². The number of aliphatic imine (C=N–C) groups is 1. The van der Waals surface area contributed by atoms with Crippen molar-refractivity contribution < 1.29 is 4.79 Å². The standard InChI is InChI=1S/C17H28N6O/c1-14-5-9-22(12-15(14)23-10-6-19-13-23)17(18-2)20-11-16(24)21-7-3-4-8-21/h6,10,13-15H,3-5,7-9,11-12H2,1-2H3,(H,18,20). The van der Waals surface area contributed by atoms with Gasteiger partial charge in [-0.2, -0.15) is 0 Å². The molecule has 2 unspecified atom stereocenters. The lowest BCUT2D eigenvalue weighted by Crippen LogP contribution is -2.51. The minimum atomic E-state index is 0.171. The number of nitrogens with one attached hydrogen (secondary N) is 1. The molecule has 7 nitrogen and oxygen atoms in total. The van der Waals surface area contributed by atoms with E-state index in [9.17, 15) is 4.79 Å². The number of likely N-dealkylation sites (tertiary alicyclic amines) is 2. The Labute approximate surface area is 143 Å². The number of guanidine groups is 1. The van der Waals surface area contributed by atoms with Crippen molar-refractivity contribution in [1.29, 1.82) is 0 Å². The third-order valence-electron chi connectivity index (χ3n) is 5.19. The summed E-state index contributed by atoms with van der Waals surface area (Å²) in [7, 11) is 1.78. The Morgan fingerprint density at radius 1 is 1.29 bits per heavy atom. The van der Waals surface area contributed by atoms with Crippen LogP contribution in [-0.2, 0) is 4.79 Å². The van der Waals surface area contributed by atoms with Crippen LogP contribution in [0.1, 0.15) is 32.2 Å². The number of amides is 1. The highest BCUT2D eigenvalue weighted by Crippen LogP contribution is 2.27. The van der Waals surface area contributed by atoms with Crippen LogP contribution in [0.3, 0.4) is 0 Å². The van der Waals surface area contributed by atoms with Crippen molar-refractivity contribution in [1.82, 2.24) is 24.7 Å². The Balaban J connectivity index is 1.58. The molecule has 0 aliphatic carbocycles. The third-order valence-corrected chi connectivity index (χ3v) is 5.19. The number of carbonyl (C=O) groups excluding carboxylic acids is 1. The van der Waals surface area contributed by atoms with E-state index in [0.717, 1.165) is 51.4 Å². The molecular weight excluding hydrogens is 304 g/mol. The van der Waals surface area contributed by atoms with Crippen molar-refractivity contribution >= 4 is 11.9 Å². The van der Waals surface area contributed by atoms with Crippen molar-refractivity contribution in [2.24, 2.45) is 10.9 Å². The zero-order valence-corrected chi connectivity index (χ0v) is 14.7. The maximum atomic E-state index is 12.2. The highest BCUT2D eigenvalue weighted by atomic mass is 16.2. The lowest BCUT2D eigenvalue weighted by molar-refractivity contribution is -0.128. The van der Waals surface area contributed by atoms with Gasteiger partial charge in [0.2, 0.25) is 5.91 Å². The number of nitrogens with zero attached hydrogens (tertiary/aromatic N) is 5. The summed E-state index contributed by atoms with van der Waals surface area (Å²) in [4.78, 5) is 25.0. The van der Waals surface area contributed by atoms with Gasteiger partial charge in [0.1, 0.15) is 0 Å². The topological polar surface area (TPSA) is 65.8 Å². The molecule has 3 rings (SSSR count). The molecular formula is C17H28N6O. The van der Waals surface area contributed by atoms with Crippen LogP contribution in [0.5, 0.6) is 0 Å². The predicted molar refractivity (Wildman–Crippen MR) is 93.8 cm³/mol. The molecule has 2 fully saturated rings. The Bertz CT molecular complexity index is 564. The Kier molecular flexibility index (Phi) is 5.37. The van der Waals surface area contributed by atoms with Crippen LogP contribution >= 0.6 is 0 Å². The largest absolute Gasteiger partial charge is 0.347 e. The van der Waals surface area contributed by atoms with E-state index in [-0.39, 0.29) is 5.91 Å². The molecule has 132 valence electrons. The maximum Gasteiger partial charge on any atom is 0.241 e. The summed E-state index contributed by atoms with van der Waals surface area (Å²) < 4.78 is 2.18. The van der Waals surface area contributed by atoms with Gasteiger partial charge in [-0.25, -0.2) is 4.98 Å². The summed E-state index contributed by atoms with van der Waals surface area (Å²) in [5.41, 5.74) is 0. The fourth-order valence-corrected chi connectivity index (χ4v) is 3.66. The molecule has 1 amide bonds. The lowest BCUT2D eigenvalue weighted by Gasteiger charge is -2.39. The van der Waals surface area contributed by atoms with Gasteiger partial charge in [-0.1, -0.05) is 6.92 Å². The summed E-state index contributed by atoms with van der Waals surface area (Å²) >= 11 is 0. The Morgan fingerprint density at radius 3 is 2.75 bits per heavy atom. The van der Waals surface area contributed by atoms with Gasteiger partial charge in [0, 0.05) is 45.6 Å². The Hall–Kier alpha value is -2.05. The van der Waals surface area contributed by atoms with E-state index in [4.69, 9.17) is 0 Å². The lowest BCUT2D eigenvalue weighted by atomic mass is 9.93. The molecule has 0 radical (unpaired) electrons. The monoisotopic (exact) mass is 332 g/mol. The van der Waals surface area contributed by atoms with Gasteiger partial charge in [-0.3, -0.25) is 9.79 Å². The number of piperidine rings is 1. The summed E-state index contributed by atoms with van der Waals surface area (Å²) in [5, 5.41) is 3.26. The predicted octanol–water partition coefficient (Wildman–Crippen LogP) is 0.964. The zero-order chi connectivity index (χ0) is 16.9. The van der Waals surface area contributed by atoms with E-state index in [1.165, 1.54) is 0 Å². The first-order valence-corrected chi connectivity index (χ1v) is 8.90. The molecule has 0 saturated carbocycles. The molecule has 2 aliphatic rings. The van der Waals surface area contributed by atoms with E-state index >= 15 is 0 Å². The molecule has 2 saturated heterocycles. The van der Waals surface area contributed by atoms with E-state index in [0.29, 0.717) is 18.5 Å². The second-order valence-corrected chi connectivity index (χ2v) is 6.78. The highest BCUT2D eigenvalue weighted by Gasteiger charge is 2.29. The van der Waals surface area contributed by atoms with Crippen molar-refractivity contribution in [2.75, 3.05) is 39.8 Å². The zero-order valence-electron chi connectivity index (χ0n) is 14.7. The summed E-state index contributed by atoms with van der Waals surface area (Å²) in [6, 6.07) is 0.383. The van der Waals surface area contributed by atoms with Crippen LogP contribution < -0.4 is 5.32 Å². The van der Waals surface area contributed by atoms with E-state index in [1.807, 2.05) is 23.6 Å². The molecule has 0 aromatic carbocycles. The average Bonchev–Trinajstić information content (AvgIpc) is 3.30. The van der Waals surface area contributed by atoms with Gasteiger partial charge in [0.25, 0.3) is 0 Å². The van der Waals surface area contributed by atoms with Crippen molar-refractivity contribution in [2.45, 2.75) is 32.2 Å². The Morgan fingerprint density at radius 2 is 2.08 bits per heavy atom. The number of hydrogen-bond acceptors (Lipinski definition) is 3. The van der Waals surface area contributed by atoms with Gasteiger partial charge in [0.15, 0.2) is 5.96 Å². The number of hydrogen-bond donors (Lipinski definition) is 1.